The van der Waals surface area contributed by atoms with Crippen molar-refractivity contribution in [2.45, 2.75) is 33.6 Å². The van der Waals surface area contributed by atoms with E-state index in [4.69, 9.17) is 0 Å². The lowest BCUT2D eigenvalue weighted by Gasteiger charge is -2.07. The van der Waals surface area contributed by atoms with E-state index in [2.05, 4.69) is 15.6 Å². The quantitative estimate of drug-likeness (QED) is 0.883. The van der Waals surface area contributed by atoms with Crippen LogP contribution in [0.4, 0.5) is 5.13 Å². The van der Waals surface area contributed by atoms with Gasteiger partial charge in [-0.1, -0.05) is 31.0 Å². The Morgan fingerprint density at radius 2 is 1.83 bits per heavy atom. The Bertz CT molecular complexity index is 702. The van der Waals surface area contributed by atoms with E-state index in [1.165, 1.54) is 11.3 Å². The number of amides is 2. The van der Waals surface area contributed by atoms with Crippen molar-refractivity contribution in [2.75, 3.05) is 11.9 Å². The first-order chi connectivity index (χ1) is 10.8. The average molecular weight is 331 g/mol. The van der Waals surface area contributed by atoms with E-state index in [-0.39, 0.29) is 18.4 Å². The van der Waals surface area contributed by atoms with Crippen molar-refractivity contribution >= 4 is 28.3 Å². The molecule has 0 aliphatic rings. The third-order valence-electron chi connectivity index (χ3n) is 3.25. The van der Waals surface area contributed by atoms with Crippen LogP contribution in [0, 0.1) is 13.8 Å². The molecule has 0 fully saturated rings. The van der Waals surface area contributed by atoms with Gasteiger partial charge in [-0.2, -0.15) is 0 Å². The van der Waals surface area contributed by atoms with Gasteiger partial charge in [0.25, 0.3) is 5.91 Å². The van der Waals surface area contributed by atoms with Gasteiger partial charge >= 0.3 is 0 Å². The second-order valence-electron chi connectivity index (χ2n) is 5.84. The van der Waals surface area contributed by atoms with E-state index in [9.17, 15) is 9.59 Å². The summed E-state index contributed by atoms with van der Waals surface area (Å²) in [4.78, 5) is 28.3. The van der Waals surface area contributed by atoms with Crippen LogP contribution in [0.2, 0.25) is 0 Å². The molecule has 6 heteroatoms. The lowest BCUT2D eigenvalue weighted by molar-refractivity contribution is -0.115. The maximum Gasteiger partial charge on any atom is 0.251 e. The monoisotopic (exact) mass is 331 g/mol. The molecule has 0 spiro atoms. The fourth-order valence-electron chi connectivity index (χ4n) is 2.14. The molecule has 0 atom stereocenters. The van der Waals surface area contributed by atoms with Crippen LogP contribution in [0.3, 0.4) is 0 Å². The minimum atomic E-state index is -0.285. The predicted molar refractivity (Wildman–Crippen MR) is 93.1 cm³/mol. The largest absolute Gasteiger partial charge is 0.343 e. The van der Waals surface area contributed by atoms with Crippen LogP contribution in [0.25, 0.3) is 0 Å². The molecule has 0 aliphatic carbocycles. The summed E-state index contributed by atoms with van der Waals surface area (Å²) < 4.78 is 0. The van der Waals surface area contributed by atoms with E-state index in [1.807, 2.05) is 39.1 Å². The van der Waals surface area contributed by atoms with Gasteiger partial charge in [-0.25, -0.2) is 4.98 Å². The van der Waals surface area contributed by atoms with Gasteiger partial charge in [0.1, 0.15) is 0 Å². The molecule has 2 amide bonds. The van der Waals surface area contributed by atoms with Crippen molar-refractivity contribution in [3.8, 4) is 0 Å². The molecule has 0 aliphatic heterocycles. The number of thiazole rings is 1. The number of aromatic nitrogens is 1. The van der Waals surface area contributed by atoms with E-state index in [0.717, 1.165) is 16.8 Å². The second kappa shape index (κ2) is 7.37. The molecule has 0 unspecified atom stereocenters. The van der Waals surface area contributed by atoms with Crippen molar-refractivity contribution in [1.29, 1.82) is 0 Å². The first-order valence-corrected chi connectivity index (χ1v) is 8.35. The highest BCUT2D eigenvalue weighted by molar-refractivity contribution is 7.13. The summed E-state index contributed by atoms with van der Waals surface area (Å²) in [6, 6.07) is 5.60. The number of benzene rings is 1. The van der Waals surface area contributed by atoms with Gasteiger partial charge in [0, 0.05) is 10.9 Å². The summed E-state index contributed by atoms with van der Waals surface area (Å²) in [6.07, 6.45) is 0. The highest BCUT2D eigenvalue weighted by Crippen LogP contribution is 2.21. The van der Waals surface area contributed by atoms with Crippen LogP contribution < -0.4 is 10.6 Å². The average Bonchev–Trinajstić information content (AvgIpc) is 2.92. The van der Waals surface area contributed by atoms with Crippen molar-refractivity contribution < 1.29 is 9.59 Å². The highest BCUT2D eigenvalue weighted by atomic mass is 32.1. The molecule has 2 aromatic rings. The maximum atomic E-state index is 12.1. The standard InChI is InChI=1S/C17H21N3O2S/c1-10(2)14-9-23-17(19-14)20-15(21)8-18-16(22)13-6-11(3)5-12(4)7-13/h5-7,9-10H,8H2,1-4H3,(H,18,22)(H,19,20,21). The zero-order chi connectivity index (χ0) is 17.0. The summed E-state index contributed by atoms with van der Waals surface area (Å²) in [6.45, 7) is 7.88. The van der Waals surface area contributed by atoms with Gasteiger partial charge in [-0.3, -0.25) is 9.59 Å². The Labute approximate surface area is 140 Å². The van der Waals surface area contributed by atoms with Crippen LogP contribution in [0.5, 0.6) is 0 Å². The zero-order valence-electron chi connectivity index (χ0n) is 13.8. The molecule has 23 heavy (non-hydrogen) atoms. The SMILES string of the molecule is Cc1cc(C)cc(C(=O)NCC(=O)Nc2nc(C(C)C)cs2)c1. The highest BCUT2D eigenvalue weighted by Gasteiger charge is 2.11. The molecule has 122 valence electrons. The summed E-state index contributed by atoms with van der Waals surface area (Å²) in [5, 5.41) is 7.81. The van der Waals surface area contributed by atoms with Gasteiger partial charge in [-0.15, -0.1) is 11.3 Å². The normalized spacial score (nSPS) is 10.7. The van der Waals surface area contributed by atoms with E-state index < -0.39 is 0 Å². The Kier molecular flexibility index (Phi) is 5.50. The number of hydrogen-bond acceptors (Lipinski definition) is 4. The Balaban J connectivity index is 1.89. The van der Waals surface area contributed by atoms with Gasteiger partial charge in [0.05, 0.1) is 12.2 Å². The zero-order valence-corrected chi connectivity index (χ0v) is 14.6. The number of carbonyl (C=O) groups is 2. The first kappa shape index (κ1) is 17.1. The first-order valence-electron chi connectivity index (χ1n) is 7.47. The minimum absolute atomic E-state index is 0.0809. The third-order valence-corrected chi connectivity index (χ3v) is 4.03. The molecule has 2 rings (SSSR count). The van der Waals surface area contributed by atoms with Crippen molar-refractivity contribution in [2.24, 2.45) is 0 Å². The van der Waals surface area contributed by atoms with Crippen LogP contribution in [0.15, 0.2) is 23.6 Å². The Morgan fingerprint density at radius 1 is 1.17 bits per heavy atom. The van der Waals surface area contributed by atoms with Gasteiger partial charge < -0.3 is 10.6 Å². The van der Waals surface area contributed by atoms with Crippen molar-refractivity contribution in [1.82, 2.24) is 10.3 Å². The molecule has 5 nitrogen and oxygen atoms in total. The van der Waals surface area contributed by atoms with Gasteiger partial charge in [-0.05, 0) is 31.9 Å². The predicted octanol–water partition coefficient (Wildman–Crippen LogP) is 3.25. The lowest BCUT2D eigenvalue weighted by atomic mass is 10.1. The summed E-state index contributed by atoms with van der Waals surface area (Å²) in [5.74, 6) is -0.220. The molecule has 1 heterocycles. The molecule has 0 bridgehead atoms. The number of nitrogens with one attached hydrogen (secondary N) is 2. The Hall–Kier alpha value is -2.21. The molecule has 1 aromatic carbocycles. The number of carbonyl (C=O) groups excluding carboxylic acids is 2. The Morgan fingerprint density at radius 3 is 2.39 bits per heavy atom. The number of anilines is 1. The fraction of sp³-hybridized carbons (Fsp3) is 0.353. The van der Waals surface area contributed by atoms with Crippen LogP contribution in [-0.2, 0) is 4.79 Å². The van der Waals surface area contributed by atoms with Crippen LogP contribution in [0.1, 0.15) is 46.9 Å². The summed E-state index contributed by atoms with van der Waals surface area (Å²) >= 11 is 1.38. The number of nitrogens with zero attached hydrogens (tertiary/aromatic N) is 1. The topological polar surface area (TPSA) is 71.1 Å². The van der Waals surface area contributed by atoms with E-state index >= 15 is 0 Å². The summed E-state index contributed by atoms with van der Waals surface area (Å²) in [7, 11) is 0. The van der Waals surface area contributed by atoms with Crippen LogP contribution >= 0.6 is 11.3 Å². The van der Waals surface area contributed by atoms with Crippen molar-refractivity contribution in [3.05, 3.63) is 46.0 Å². The molecule has 0 saturated heterocycles. The van der Waals surface area contributed by atoms with Gasteiger partial charge in [0.2, 0.25) is 5.91 Å². The molecule has 1 aromatic heterocycles. The lowest BCUT2D eigenvalue weighted by Crippen LogP contribution is -2.32. The minimum Gasteiger partial charge on any atom is -0.343 e. The van der Waals surface area contributed by atoms with E-state index in [0.29, 0.717) is 16.6 Å². The molecule has 0 saturated carbocycles. The van der Waals surface area contributed by atoms with Crippen molar-refractivity contribution in [3.63, 3.8) is 0 Å². The van der Waals surface area contributed by atoms with E-state index in [1.54, 1.807) is 12.1 Å². The smallest absolute Gasteiger partial charge is 0.251 e. The number of aryl methyl sites for hydroxylation is 2. The van der Waals surface area contributed by atoms with Gasteiger partial charge in [0.15, 0.2) is 5.13 Å². The number of rotatable bonds is 5. The molecule has 2 N–H and O–H groups in total. The van der Waals surface area contributed by atoms with Crippen LogP contribution in [-0.4, -0.2) is 23.3 Å². The molecule has 0 radical (unpaired) electrons. The number of hydrogen-bond donors (Lipinski definition) is 2. The molecular formula is C17H21N3O2S. The maximum absolute atomic E-state index is 12.1. The molecular weight excluding hydrogens is 310 g/mol. The third kappa shape index (κ3) is 4.89. The summed E-state index contributed by atoms with van der Waals surface area (Å²) in [5.41, 5.74) is 3.54. The fourth-order valence-corrected chi connectivity index (χ4v) is 3.03. The second-order valence-corrected chi connectivity index (χ2v) is 6.70.